The maximum Gasteiger partial charge on any atom is 0.238 e. The fraction of sp³-hybridized carbons (Fsp3) is 0.333. The van der Waals surface area contributed by atoms with Gasteiger partial charge in [0.2, 0.25) is 10.0 Å². The van der Waals surface area contributed by atoms with Gasteiger partial charge in [-0.05, 0) is 43.2 Å². The first-order chi connectivity index (χ1) is 12.5. The van der Waals surface area contributed by atoms with Crippen LogP contribution in [0.1, 0.15) is 25.0 Å². The van der Waals surface area contributed by atoms with Gasteiger partial charge in [-0.1, -0.05) is 24.3 Å². The number of nitrogens with one attached hydrogen (secondary N) is 1. The Labute approximate surface area is 160 Å². The van der Waals surface area contributed by atoms with Gasteiger partial charge >= 0.3 is 0 Å². The van der Waals surface area contributed by atoms with Crippen molar-refractivity contribution < 1.29 is 21.6 Å². The Kier molecular flexibility index (Phi) is 6.63. The van der Waals surface area contributed by atoms with E-state index in [2.05, 4.69) is 5.32 Å². The second-order valence-corrected chi connectivity index (χ2v) is 10.1. The molecule has 0 heterocycles. The SMILES string of the molecule is CC(C)OCc1ccc(CNc2ccc(S(N)(=O)=O)cc2S(C)(=O)=O)cc1. The number of primary sulfonamides is 1. The van der Waals surface area contributed by atoms with E-state index in [4.69, 9.17) is 9.88 Å². The highest BCUT2D eigenvalue weighted by atomic mass is 32.2. The van der Waals surface area contributed by atoms with E-state index in [1.165, 1.54) is 12.1 Å². The monoisotopic (exact) mass is 412 g/mol. The Morgan fingerprint density at radius 2 is 1.59 bits per heavy atom. The second kappa shape index (κ2) is 8.39. The van der Waals surface area contributed by atoms with E-state index in [-0.39, 0.29) is 15.9 Å². The number of rotatable bonds is 8. The van der Waals surface area contributed by atoms with E-state index in [0.717, 1.165) is 23.4 Å². The minimum atomic E-state index is -3.99. The lowest BCUT2D eigenvalue weighted by atomic mass is 10.1. The van der Waals surface area contributed by atoms with E-state index in [1.807, 2.05) is 38.1 Å². The van der Waals surface area contributed by atoms with Gasteiger partial charge < -0.3 is 10.1 Å². The lowest BCUT2D eigenvalue weighted by Crippen LogP contribution is -2.14. The van der Waals surface area contributed by atoms with Gasteiger partial charge in [0.25, 0.3) is 0 Å². The van der Waals surface area contributed by atoms with Crippen LogP contribution < -0.4 is 10.5 Å². The van der Waals surface area contributed by atoms with Crippen LogP contribution in [0, 0.1) is 0 Å². The normalized spacial score (nSPS) is 12.3. The van der Waals surface area contributed by atoms with Gasteiger partial charge in [0.05, 0.1) is 28.2 Å². The van der Waals surface area contributed by atoms with E-state index in [1.54, 1.807) is 0 Å². The number of benzene rings is 2. The Hall–Kier alpha value is -1.94. The number of sulfone groups is 1. The van der Waals surface area contributed by atoms with E-state index >= 15 is 0 Å². The molecule has 0 aliphatic rings. The Morgan fingerprint density at radius 3 is 2.11 bits per heavy atom. The first-order valence-corrected chi connectivity index (χ1v) is 11.7. The molecule has 9 heteroatoms. The van der Waals surface area contributed by atoms with Gasteiger partial charge in [0.1, 0.15) is 0 Å². The molecule has 0 unspecified atom stereocenters. The average Bonchev–Trinajstić information content (AvgIpc) is 2.57. The van der Waals surface area contributed by atoms with Gasteiger partial charge in [0.15, 0.2) is 9.84 Å². The van der Waals surface area contributed by atoms with Crippen LogP contribution in [0.2, 0.25) is 0 Å². The molecule has 0 aliphatic heterocycles. The fourth-order valence-corrected chi connectivity index (χ4v) is 3.84. The van der Waals surface area contributed by atoms with Crippen molar-refractivity contribution in [2.75, 3.05) is 11.6 Å². The van der Waals surface area contributed by atoms with Gasteiger partial charge in [-0.25, -0.2) is 22.0 Å². The summed E-state index contributed by atoms with van der Waals surface area (Å²) >= 11 is 0. The third kappa shape index (κ3) is 6.31. The summed E-state index contributed by atoms with van der Waals surface area (Å²) in [6.45, 7) is 4.85. The van der Waals surface area contributed by atoms with Crippen molar-refractivity contribution in [3.63, 3.8) is 0 Å². The molecule has 0 saturated heterocycles. The highest BCUT2D eigenvalue weighted by Gasteiger charge is 2.18. The molecule has 2 aromatic rings. The molecular weight excluding hydrogens is 388 g/mol. The predicted octanol–water partition coefficient (Wildman–Crippen LogP) is 2.27. The van der Waals surface area contributed by atoms with Crippen molar-refractivity contribution in [2.24, 2.45) is 5.14 Å². The maximum atomic E-state index is 12.0. The van der Waals surface area contributed by atoms with Crippen LogP contribution in [0.15, 0.2) is 52.3 Å². The molecule has 0 fully saturated rings. The minimum absolute atomic E-state index is 0.115. The molecule has 0 aromatic heterocycles. The fourth-order valence-electron chi connectivity index (χ4n) is 2.35. The summed E-state index contributed by atoms with van der Waals surface area (Å²) in [5.74, 6) is 0. The summed E-state index contributed by atoms with van der Waals surface area (Å²) in [5.41, 5.74) is 2.30. The van der Waals surface area contributed by atoms with E-state index in [0.29, 0.717) is 18.8 Å². The largest absolute Gasteiger partial charge is 0.380 e. The lowest BCUT2D eigenvalue weighted by Gasteiger charge is -2.13. The van der Waals surface area contributed by atoms with Crippen molar-refractivity contribution in [3.05, 3.63) is 53.6 Å². The van der Waals surface area contributed by atoms with Crippen LogP contribution in [0.5, 0.6) is 0 Å². The second-order valence-electron chi connectivity index (χ2n) is 6.50. The first kappa shape index (κ1) is 21.4. The Balaban J connectivity index is 2.18. The predicted molar refractivity (Wildman–Crippen MR) is 105 cm³/mol. The molecular formula is C18H24N2O5S2. The summed E-state index contributed by atoms with van der Waals surface area (Å²) in [6.07, 6.45) is 1.17. The zero-order valence-electron chi connectivity index (χ0n) is 15.5. The molecule has 0 aliphatic carbocycles. The molecule has 0 amide bonds. The van der Waals surface area contributed by atoms with Gasteiger partial charge in [-0.3, -0.25) is 0 Å². The van der Waals surface area contributed by atoms with E-state index < -0.39 is 19.9 Å². The van der Waals surface area contributed by atoms with Crippen LogP contribution in [-0.4, -0.2) is 29.2 Å². The zero-order valence-corrected chi connectivity index (χ0v) is 17.1. The third-order valence-corrected chi connectivity index (χ3v) is 5.82. The molecule has 0 spiro atoms. The molecule has 2 aromatic carbocycles. The molecule has 2 rings (SSSR count). The average molecular weight is 413 g/mol. The van der Waals surface area contributed by atoms with E-state index in [9.17, 15) is 16.8 Å². The molecule has 0 atom stereocenters. The summed E-state index contributed by atoms with van der Waals surface area (Å²) in [6, 6.07) is 11.5. The van der Waals surface area contributed by atoms with Crippen molar-refractivity contribution in [1.29, 1.82) is 0 Å². The Morgan fingerprint density at radius 1 is 1.00 bits per heavy atom. The van der Waals surface area contributed by atoms with Gasteiger partial charge in [0, 0.05) is 12.8 Å². The summed E-state index contributed by atoms with van der Waals surface area (Å²) in [4.78, 5) is -0.362. The van der Waals surface area contributed by atoms with Gasteiger partial charge in [-0.15, -0.1) is 0 Å². The molecule has 3 N–H and O–H groups in total. The molecule has 0 radical (unpaired) electrons. The number of anilines is 1. The Bertz CT molecular complexity index is 999. The van der Waals surface area contributed by atoms with Crippen LogP contribution in [-0.2, 0) is 37.7 Å². The third-order valence-electron chi connectivity index (χ3n) is 3.77. The molecule has 7 nitrogen and oxygen atoms in total. The maximum absolute atomic E-state index is 12.0. The van der Waals surface area contributed by atoms with Crippen molar-refractivity contribution >= 4 is 25.5 Å². The first-order valence-electron chi connectivity index (χ1n) is 8.27. The zero-order chi connectivity index (χ0) is 20.2. The van der Waals surface area contributed by atoms with Crippen molar-refractivity contribution in [2.45, 2.75) is 42.9 Å². The van der Waals surface area contributed by atoms with Crippen LogP contribution >= 0.6 is 0 Å². The molecule has 148 valence electrons. The molecule has 27 heavy (non-hydrogen) atoms. The number of hydrogen-bond acceptors (Lipinski definition) is 6. The van der Waals surface area contributed by atoms with Crippen molar-refractivity contribution in [3.8, 4) is 0 Å². The molecule has 0 bridgehead atoms. The molecule has 0 saturated carbocycles. The highest BCUT2D eigenvalue weighted by molar-refractivity contribution is 7.91. The summed E-state index contributed by atoms with van der Waals surface area (Å²) in [5, 5.41) is 8.13. The highest BCUT2D eigenvalue weighted by Crippen LogP contribution is 2.25. The lowest BCUT2D eigenvalue weighted by molar-refractivity contribution is 0.0657. The topological polar surface area (TPSA) is 116 Å². The smallest absolute Gasteiger partial charge is 0.238 e. The number of ether oxygens (including phenoxy) is 1. The minimum Gasteiger partial charge on any atom is -0.380 e. The summed E-state index contributed by atoms with van der Waals surface area (Å²) in [7, 11) is -7.63. The van der Waals surface area contributed by atoms with Crippen LogP contribution in [0.3, 0.4) is 0 Å². The van der Waals surface area contributed by atoms with Crippen molar-refractivity contribution in [1.82, 2.24) is 0 Å². The quantitative estimate of drug-likeness (QED) is 0.687. The van der Waals surface area contributed by atoms with Gasteiger partial charge in [-0.2, -0.15) is 0 Å². The number of hydrogen-bond donors (Lipinski definition) is 2. The van der Waals surface area contributed by atoms with Crippen LogP contribution in [0.4, 0.5) is 5.69 Å². The van der Waals surface area contributed by atoms with Crippen LogP contribution in [0.25, 0.3) is 0 Å². The summed E-state index contributed by atoms with van der Waals surface area (Å²) < 4.78 is 52.6. The standard InChI is InChI=1S/C18H24N2O5S2/c1-13(2)25-12-15-6-4-14(5-7-15)11-20-17-9-8-16(27(19,23)24)10-18(17)26(3,21)22/h4-10,13,20H,11-12H2,1-3H3,(H2,19,23,24). The number of sulfonamides is 1. The number of nitrogens with two attached hydrogens (primary N) is 1.